The molecular weight excluding hydrogens is 266 g/mol. The zero-order valence-corrected chi connectivity index (χ0v) is 11.7. The molecule has 1 aliphatic heterocycles. The monoisotopic (exact) mass is 284 g/mol. The number of carbonyl (C=O) groups excluding carboxylic acids is 2. The minimum absolute atomic E-state index is 0.161. The SMILES string of the molecule is N[C@@H](Cc1c[nH]c2ccccc12)C(=O)N1CCC[C@H]1[C]=O. The number of hydrogen-bond donors (Lipinski definition) is 2. The fourth-order valence-electron chi connectivity index (χ4n) is 2.99. The number of carbonyl (C=O) groups is 1. The van der Waals surface area contributed by atoms with Crippen molar-refractivity contribution in [3.8, 4) is 0 Å². The van der Waals surface area contributed by atoms with Crippen molar-refractivity contribution >= 4 is 23.1 Å². The van der Waals surface area contributed by atoms with Crippen molar-refractivity contribution < 1.29 is 9.59 Å². The van der Waals surface area contributed by atoms with Crippen LogP contribution >= 0.6 is 0 Å². The van der Waals surface area contributed by atoms with E-state index in [1.54, 1.807) is 4.90 Å². The fourth-order valence-corrected chi connectivity index (χ4v) is 2.99. The second-order valence-electron chi connectivity index (χ2n) is 5.48. The zero-order valence-electron chi connectivity index (χ0n) is 11.7. The van der Waals surface area contributed by atoms with Gasteiger partial charge < -0.3 is 15.6 Å². The van der Waals surface area contributed by atoms with Gasteiger partial charge in [0.05, 0.1) is 12.1 Å². The summed E-state index contributed by atoms with van der Waals surface area (Å²) in [5.74, 6) is -0.161. The molecule has 3 rings (SSSR count). The standard InChI is InChI=1S/C16H18N3O2/c17-14(16(21)19-7-3-4-12(19)10-20)8-11-9-18-15-6-2-1-5-13(11)15/h1-2,5-6,9,12,14,18H,3-4,7-8,17H2/t12-,14-/m0/s1. The summed E-state index contributed by atoms with van der Waals surface area (Å²) in [6, 6.07) is 6.87. The second kappa shape index (κ2) is 5.69. The summed E-state index contributed by atoms with van der Waals surface area (Å²) in [7, 11) is 0. The van der Waals surface area contributed by atoms with E-state index in [9.17, 15) is 9.59 Å². The maximum atomic E-state index is 12.4. The predicted molar refractivity (Wildman–Crippen MR) is 80.4 cm³/mol. The highest BCUT2D eigenvalue weighted by atomic mass is 16.2. The quantitative estimate of drug-likeness (QED) is 0.883. The fraction of sp³-hybridized carbons (Fsp3) is 0.375. The Morgan fingerprint density at radius 3 is 3.10 bits per heavy atom. The number of para-hydroxylation sites is 1. The number of likely N-dealkylation sites (tertiary alicyclic amines) is 1. The number of amides is 1. The minimum atomic E-state index is -0.627. The lowest BCUT2D eigenvalue weighted by molar-refractivity contribution is -0.132. The van der Waals surface area contributed by atoms with Crippen molar-refractivity contribution in [3.63, 3.8) is 0 Å². The zero-order chi connectivity index (χ0) is 14.8. The molecule has 1 aromatic carbocycles. The van der Waals surface area contributed by atoms with Gasteiger partial charge in [-0.05, 0) is 30.9 Å². The van der Waals surface area contributed by atoms with Gasteiger partial charge in [0.1, 0.15) is 0 Å². The van der Waals surface area contributed by atoms with E-state index < -0.39 is 12.1 Å². The van der Waals surface area contributed by atoms with E-state index in [-0.39, 0.29) is 5.91 Å². The summed E-state index contributed by atoms with van der Waals surface area (Å²) < 4.78 is 0. The molecular formula is C16H18N3O2. The third kappa shape index (κ3) is 2.56. The molecule has 21 heavy (non-hydrogen) atoms. The first-order chi connectivity index (χ1) is 10.2. The molecule has 1 fully saturated rings. The number of rotatable bonds is 4. The number of aromatic nitrogens is 1. The summed E-state index contributed by atoms with van der Waals surface area (Å²) in [6.07, 6.45) is 5.82. The van der Waals surface area contributed by atoms with Crippen LogP contribution in [0.1, 0.15) is 18.4 Å². The Hall–Kier alpha value is -2.14. The second-order valence-corrected chi connectivity index (χ2v) is 5.48. The molecule has 0 unspecified atom stereocenters. The Bertz CT molecular complexity index is 664. The van der Waals surface area contributed by atoms with Crippen LogP contribution < -0.4 is 5.73 Å². The van der Waals surface area contributed by atoms with Gasteiger partial charge >= 0.3 is 0 Å². The van der Waals surface area contributed by atoms with Gasteiger partial charge in [-0.1, -0.05) is 18.2 Å². The Morgan fingerprint density at radius 2 is 2.29 bits per heavy atom. The van der Waals surface area contributed by atoms with Crippen LogP contribution in [0.4, 0.5) is 0 Å². The topological polar surface area (TPSA) is 79.2 Å². The smallest absolute Gasteiger partial charge is 0.240 e. The molecule has 2 aromatic rings. The van der Waals surface area contributed by atoms with Crippen LogP contribution in [0.2, 0.25) is 0 Å². The summed E-state index contributed by atoms with van der Waals surface area (Å²) in [4.78, 5) is 28.0. The molecule has 0 bridgehead atoms. The largest absolute Gasteiger partial charge is 0.361 e. The molecule has 1 saturated heterocycles. The highest BCUT2D eigenvalue weighted by Gasteiger charge is 2.32. The number of benzene rings is 1. The molecule has 5 heteroatoms. The third-order valence-corrected chi connectivity index (χ3v) is 4.10. The number of nitrogens with one attached hydrogen (secondary N) is 1. The summed E-state index contributed by atoms with van der Waals surface area (Å²) in [5.41, 5.74) is 8.12. The van der Waals surface area contributed by atoms with Crippen molar-refractivity contribution in [2.75, 3.05) is 6.54 Å². The molecule has 0 spiro atoms. The molecule has 1 aliphatic rings. The van der Waals surface area contributed by atoms with Gasteiger partial charge in [0.25, 0.3) is 0 Å². The molecule has 5 nitrogen and oxygen atoms in total. The van der Waals surface area contributed by atoms with E-state index in [4.69, 9.17) is 5.73 Å². The van der Waals surface area contributed by atoms with Crippen LogP contribution in [0.5, 0.6) is 0 Å². The van der Waals surface area contributed by atoms with E-state index >= 15 is 0 Å². The van der Waals surface area contributed by atoms with E-state index in [2.05, 4.69) is 4.98 Å². The lowest BCUT2D eigenvalue weighted by atomic mass is 10.0. The van der Waals surface area contributed by atoms with E-state index in [1.165, 1.54) is 0 Å². The molecule has 1 radical (unpaired) electrons. The molecule has 3 N–H and O–H groups in total. The maximum absolute atomic E-state index is 12.4. The highest BCUT2D eigenvalue weighted by molar-refractivity contribution is 5.87. The van der Waals surface area contributed by atoms with Crippen molar-refractivity contribution in [2.24, 2.45) is 5.73 Å². The van der Waals surface area contributed by atoms with Crippen LogP contribution in [0.3, 0.4) is 0 Å². The molecule has 2 atom stereocenters. The van der Waals surface area contributed by atoms with Gasteiger partial charge in [0, 0.05) is 23.6 Å². The van der Waals surface area contributed by atoms with Crippen LogP contribution in [0, 0.1) is 0 Å². The highest BCUT2D eigenvalue weighted by Crippen LogP contribution is 2.21. The molecule has 2 heterocycles. The van der Waals surface area contributed by atoms with Gasteiger partial charge in [-0.15, -0.1) is 0 Å². The van der Waals surface area contributed by atoms with E-state index in [1.807, 2.05) is 36.7 Å². The number of hydrogen-bond acceptors (Lipinski definition) is 3. The summed E-state index contributed by atoms with van der Waals surface area (Å²) in [6.45, 7) is 0.598. The Morgan fingerprint density at radius 1 is 1.48 bits per heavy atom. The summed E-state index contributed by atoms with van der Waals surface area (Å²) in [5, 5.41) is 1.08. The van der Waals surface area contributed by atoms with E-state index in [0.717, 1.165) is 22.9 Å². The van der Waals surface area contributed by atoms with Gasteiger partial charge in [0.15, 0.2) is 0 Å². The number of aromatic amines is 1. The van der Waals surface area contributed by atoms with Gasteiger partial charge in [-0.2, -0.15) is 0 Å². The van der Waals surface area contributed by atoms with E-state index in [0.29, 0.717) is 19.4 Å². The van der Waals surface area contributed by atoms with Crippen LogP contribution in [-0.2, 0) is 16.0 Å². The average Bonchev–Trinajstić information content (AvgIpc) is 3.13. The van der Waals surface area contributed by atoms with Crippen molar-refractivity contribution in [2.45, 2.75) is 31.3 Å². The third-order valence-electron chi connectivity index (χ3n) is 4.10. The Labute approximate surface area is 123 Å². The summed E-state index contributed by atoms with van der Waals surface area (Å²) >= 11 is 0. The van der Waals surface area contributed by atoms with Crippen LogP contribution in [-0.4, -0.2) is 40.7 Å². The molecule has 1 amide bonds. The van der Waals surface area contributed by atoms with Gasteiger partial charge in [0.2, 0.25) is 12.2 Å². The van der Waals surface area contributed by atoms with Crippen molar-refractivity contribution in [1.82, 2.24) is 9.88 Å². The Kier molecular flexibility index (Phi) is 3.75. The lowest BCUT2D eigenvalue weighted by Gasteiger charge is -2.23. The first-order valence-electron chi connectivity index (χ1n) is 7.19. The lowest BCUT2D eigenvalue weighted by Crippen LogP contribution is -2.47. The molecule has 0 aliphatic carbocycles. The number of nitrogens with two attached hydrogens (primary N) is 1. The molecule has 0 saturated carbocycles. The number of nitrogens with zero attached hydrogens (tertiary/aromatic N) is 1. The first kappa shape index (κ1) is 13.8. The van der Waals surface area contributed by atoms with Gasteiger partial charge in [-0.3, -0.25) is 9.59 Å². The normalized spacial score (nSPS) is 19.9. The van der Waals surface area contributed by atoms with Gasteiger partial charge in [-0.25, -0.2) is 0 Å². The minimum Gasteiger partial charge on any atom is -0.361 e. The van der Waals surface area contributed by atoms with Crippen LogP contribution in [0.15, 0.2) is 30.5 Å². The molecule has 109 valence electrons. The number of H-pyrrole nitrogens is 1. The van der Waals surface area contributed by atoms with Crippen molar-refractivity contribution in [3.05, 3.63) is 36.0 Å². The maximum Gasteiger partial charge on any atom is 0.240 e. The first-order valence-corrected chi connectivity index (χ1v) is 7.19. The predicted octanol–water partition coefficient (Wildman–Crippen LogP) is 1.14. The Balaban J connectivity index is 1.75. The van der Waals surface area contributed by atoms with Crippen molar-refractivity contribution in [1.29, 1.82) is 0 Å². The average molecular weight is 284 g/mol. The molecule has 1 aromatic heterocycles. The van der Waals surface area contributed by atoms with Crippen LogP contribution in [0.25, 0.3) is 10.9 Å². The number of fused-ring (bicyclic) bond motifs is 1.